The van der Waals surface area contributed by atoms with Gasteiger partial charge < -0.3 is 19.2 Å². The number of para-hydroxylation sites is 1. The number of ether oxygens (including phenoxy) is 2. The van der Waals surface area contributed by atoms with Gasteiger partial charge in [0.15, 0.2) is 5.76 Å². The van der Waals surface area contributed by atoms with Gasteiger partial charge >= 0.3 is 0 Å². The molecule has 2 aromatic heterocycles. The highest BCUT2D eigenvalue weighted by Crippen LogP contribution is 2.25. The van der Waals surface area contributed by atoms with Crippen molar-refractivity contribution in [2.24, 2.45) is 0 Å². The average molecular weight is 466 g/mol. The Labute approximate surface area is 196 Å². The zero-order valence-electron chi connectivity index (χ0n) is 18.6. The summed E-state index contributed by atoms with van der Waals surface area (Å²) in [6.07, 6.45) is 0. The van der Waals surface area contributed by atoms with Gasteiger partial charge in [0.05, 0.1) is 35.8 Å². The van der Waals surface area contributed by atoms with Crippen LogP contribution in [0.3, 0.4) is 0 Å². The third-order valence-corrected chi connectivity index (χ3v) is 5.49. The number of halogens is 1. The fourth-order valence-electron chi connectivity index (χ4n) is 3.44. The van der Waals surface area contributed by atoms with Crippen LogP contribution in [0.1, 0.15) is 33.3 Å². The van der Waals surface area contributed by atoms with Crippen molar-refractivity contribution in [2.75, 3.05) is 12.4 Å². The van der Waals surface area contributed by atoms with Crippen molar-refractivity contribution in [2.45, 2.75) is 27.0 Å². The second-order valence-corrected chi connectivity index (χ2v) is 7.90. The largest absolute Gasteiger partial charge is 0.497 e. The maximum Gasteiger partial charge on any atom is 0.291 e. The van der Waals surface area contributed by atoms with Gasteiger partial charge in [-0.3, -0.25) is 9.48 Å². The highest BCUT2D eigenvalue weighted by Gasteiger charge is 2.18. The Morgan fingerprint density at radius 3 is 2.73 bits per heavy atom. The van der Waals surface area contributed by atoms with Gasteiger partial charge in [0, 0.05) is 0 Å². The highest BCUT2D eigenvalue weighted by molar-refractivity contribution is 6.32. The number of methoxy groups -OCH3 is 1. The van der Waals surface area contributed by atoms with Crippen LogP contribution in [0.15, 0.2) is 65.1 Å². The fraction of sp³-hybridized carbons (Fsp3) is 0.200. The number of nitrogens with zero attached hydrogens (tertiary/aromatic N) is 2. The molecule has 2 aromatic carbocycles. The van der Waals surface area contributed by atoms with Crippen molar-refractivity contribution in [3.63, 3.8) is 0 Å². The van der Waals surface area contributed by atoms with E-state index >= 15 is 0 Å². The predicted octanol–water partition coefficient (Wildman–Crippen LogP) is 5.63. The Bertz CT molecular complexity index is 1280. The summed E-state index contributed by atoms with van der Waals surface area (Å²) in [6, 6.07) is 18.3. The lowest BCUT2D eigenvalue weighted by atomic mass is 10.2. The zero-order valence-corrected chi connectivity index (χ0v) is 19.3. The van der Waals surface area contributed by atoms with E-state index in [1.54, 1.807) is 31.4 Å². The van der Waals surface area contributed by atoms with Gasteiger partial charge in [-0.1, -0.05) is 35.9 Å². The number of carbonyl (C=O) groups excluding carboxylic acids is 1. The van der Waals surface area contributed by atoms with E-state index in [2.05, 4.69) is 10.4 Å². The topological polar surface area (TPSA) is 78.5 Å². The third-order valence-electron chi connectivity index (χ3n) is 5.18. The van der Waals surface area contributed by atoms with E-state index in [1.165, 1.54) is 0 Å². The molecule has 0 aliphatic carbocycles. The summed E-state index contributed by atoms with van der Waals surface area (Å²) in [7, 11) is 1.64. The van der Waals surface area contributed by atoms with E-state index < -0.39 is 0 Å². The van der Waals surface area contributed by atoms with E-state index in [4.69, 9.17) is 25.5 Å². The molecule has 7 nitrogen and oxygen atoms in total. The number of nitrogens with one attached hydrogen (secondary N) is 1. The molecular formula is C25H24ClN3O4. The summed E-state index contributed by atoms with van der Waals surface area (Å²) in [5.41, 5.74) is 3.27. The molecule has 4 rings (SSSR count). The standard InChI is InChI=1S/C25H24ClN3O4/c1-16-24(17(2)29(28-16)14-18-7-6-8-19(13-18)31-3)27-25(30)23-12-11-20(33-23)15-32-22-10-5-4-9-21(22)26/h4-13H,14-15H2,1-3H3,(H,27,30). The summed E-state index contributed by atoms with van der Waals surface area (Å²) >= 11 is 6.10. The van der Waals surface area contributed by atoms with Gasteiger partial charge in [0.1, 0.15) is 23.9 Å². The Kier molecular flexibility index (Phi) is 6.70. The average Bonchev–Trinajstić information content (AvgIpc) is 3.39. The number of hydrogen-bond donors (Lipinski definition) is 1. The Hall–Kier alpha value is -3.71. The summed E-state index contributed by atoms with van der Waals surface area (Å²) in [5.74, 6) is 1.69. The fourth-order valence-corrected chi connectivity index (χ4v) is 3.63. The van der Waals surface area contributed by atoms with Gasteiger partial charge in [0.25, 0.3) is 5.91 Å². The molecule has 0 saturated carbocycles. The molecule has 0 aliphatic heterocycles. The van der Waals surface area contributed by atoms with Gasteiger partial charge in [0.2, 0.25) is 0 Å². The number of aryl methyl sites for hydroxylation is 1. The van der Waals surface area contributed by atoms with E-state index in [9.17, 15) is 4.79 Å². The van der Waals surface area contributed by atoms with Gasteiger partial charge in [-0.05, 0) is 55.8 Å². The van der Waals surface area contributed by atoms with Crippen molar-refractivity contribution in [3.05, 3.63) is 94.2 Å². The quantitative estimate of drug-likeness (QED) is 0.364. The third kappa shape index (κ3) is 5.21. The van der Waals surface area contributed by atoms with Crippen LogP contribution in [-0.4, -0.2) is 22.8 Å². The van der Waals surface area contributed by atoms with Gasteiger partial charge in [-0.15, -0.1) is 0 Å². The van der Waals surface area contributed by atoms with Gasteiger partial charge in [-0.25, -0.2) is 0 Å². The van der Waals surface area contributed by atoms with Crippen LogP contribution < -0.4 is 14.8 Å². The molecule has 0 aliphatic rings. The number of amides is 1. The monoisotopic (exact) mass is 465 g/mol. The smallest absolute Gasteiger partial charge is 0.291 e. The Morgan fingerprint density at radius 1 is 1.12 bits per heavy atom. The number of rotatable bonds is 8. The lowest BCUT2D eigenvalue weighted by Gasteiger charge is -2.08. The molecule has 0 bridgehead atoms. The molecule has 33 heavy (non-hydrogen) atoms. The first-order chi connectivity index (χ1) is 15.9. The Balaban J connectivity index is 1.43. The van der Waals surface area contributed by atoms with E-state index in [-0.39, 0.29) is 18.3 Å². The lowest BCUT2D eigenvalue weighted by Crippen LogP contribution is -2.12. The normalized spacial score (nSPS) is 10.8. The summed E-state index contributed by atoms with van der Waals surface area (Å²) < 4.78 is 18.5. The summed E-state index contributed by atoms with van der Waals surface area (Å²) in [6.45, 7) is 4.49. The van der Waals surface area contributed by atoms with Crippen LogP contribution in [0.25, 0.3) is 0 Å². The molecule has 0 spiro atoms. The number of aromatic nitrogens is 2. The van der Waals surface area contributed by atoms with Crippen LogP contribution in [0.4, 0.5) is 5.69 Å². The molecule has 2 heterocycles. The SMILES string of the molecule is COc1cccc(Cn2nc(C)c(NC(=O)c3ccc(COc4ccccc4Cl)o3)c2C)c1. The minimum atomic E-state index is -0.355. The molecule has 0 saturated heterocycles. The van der Waals surface area contributed by atoms with Crippen molar-refractivity contribution in [1.82, 2.24) is 9.78 Å². The van der Waals surface area contributed by atoms with Crippen LogP contribution in [-0.2, 0) is 13.2 Å². The molecule has 0 atom stereocenters. The first-order valence-corrected chi connectivity index (χ1v) is 10.8. The number of benzene rings is 2. The predicted molar refractivity (Wildman–Crippen MR) is 126 cm³/mol. The minimum Gasteiger partial charge on any atom is -0.497 e. The number of anilines is 1. The molecule has 1 amide bonds. The molecule has 0 unspecified atom stereocenters. The first kappa shape index (κ1) is 22.5. The second-order valence-electron chi connectivity index (χ2n) is 7.49. The lowest BCUT2D eigenvalue weighted by molar-refractivity contribution is 0.0992. The van der Waals surface area contributed by atoms with E-state index in [0.717, 1.165) is 22.7 Å². The number of furan rings is 1. The summed E-state index contributed by atoms with van der Waals surface area (Å²) in [4.78, 5) is 12.8. The van der Waals surface area contributed by atoms with Crippen molar-refractivity contribution < 1.29 is 18.7 Å². The minimum absolute atomic E-state index is 0.160. The molecule has 170 valence electrons. The summed E-state index contributed by atoms with van der Waals surface area (Å²) in [5, 5.41) is 8.01. The van der Waals surface area contributed by atoms with Crippen molar-refractivity contribution in [1.29, 1.82) is 0 Å². The number of hydrogen-bond acceptors (Lipinski definition) is 5. The van der Waals surface area contributed by atoms with Crippen molar-refractivity contribution >= 4 is 23.2 Å². The first-order valence-electron chi connectivity index (χ1n) is 10.4. The highest BCUT2D eigenvalue weighted by atomic mass is 35.5. The van der Waals surface area contributed by atoms with E-state index in [1.807, 2.05) is 54.9 Å². The Morgan fingerprint density at radius 2 is 1.94 bits per heavy atom. The molecule has 4 aromatic rings. The molecule has 8 heteroatoms. The number of carbonyl (C=O) groups is 1. The van der Waals surface area contributed by atoms with Crippen LogP contribution >= 0.6 is 11.6 Å². The zero-order chi connectivity index (χ0) is 23.4. The maximum atomic E-state index is 12.8. The van der Waals surface area contributed by atoms with Gasteiger partial charge in [-0.2, -0.15) is 5.10 Å². The molecule has 0 radical (unpaired) electrons. The molecule has 0 fully saturated rings. The van der Waals surface area contributed by atoms with Crippen LogP contribution in [0, 0.1) is 13.8 Å². The van der Waals surface area contributed by atoms with Crippen LogP contribution in [0.5, 0.6) is 11.5 Å². The molecular weight excluding hydrogens is 442 g/mol. The second kappa shape index (κ2) is 9.83. The molecule has 1 N–H and O–H groups in total. The van der Waals surface area contributed by atoms with Crippen molar-refractivity contribution in [3.8, 4) is 11.5 Å². The van der Waals surface area contributed by atoms with E-state index in [0.29, 0.717) is 28.8 Å². The maximum absolute atomic E-state index is 12.8. The van der Waals surface area contributed by atoms with Crippen LogP contribution in [0.2, 0.25) is 5.02 Å².